The molecule has 0 aliphatic carbocycles. The molecular weight excluding hydrogens is 158 g/mol. The molecule has 0 aromatic heterocycles. The fourth-order valence-corrected chi connectivity index (χ4v) is 0.799. The molecule has 0 aliphatic rings. The summed E-state index contributed by atoms with van der Waals surface area (Å²) in [4.78, 5) is 9.75. The number of rotatable bonds is 2. The van der Waals surface area contributed by atoms with E-state index in [1.165, 1.54) is 18.2 Å². The third-order valence-electron chi connectivity index (χ3n) is 1.39. The van der Waals surface area contributed by atoms with E-state index < -0.39 is 4.92 Å². The molecule has 12 heavy (non-hydrogen) atoms. The van der Waals surface area contributed by atoms with E-state index in [9.17, 15) is 10.1 Å². The second-order valence-corrected chi connectivity index (χ2v) is 2.25. The fourth-order valence-electron chi connectivity index (χ4n) is 0.799. The standard InChI is InChI=1S/C8H7NO3/c1-6(10)7-3-2-4-8(5-7)9(11)12/h2-5,10H,1H2. The maximum atomic E-state index is 10.3. The Bertz CT molecular complexity index is 304. The highest BCUT2D eigenvalue weighted by Crippen LogP contribution is 2.16. The van der Waals surface area contributed by atoms with Crippen LogP contribution in [0.15, 0.2) is 30.8 Å². The fraction of sp³-hybridized carbons (Fsp3) is 0. The van der Waals surface area contributed by atoms with Crippen molar-refractivity contribution >= 4 is 11.4 Å². The van der Waals surface area contributed by atoms with Gasteiger partial charge in [0.05, 0.1) is 4.92 Å². The Hall–Kier alpha value is -1.84. The topological polar surface area (TPSA) is 63.4 Å². The number of aliphatic hydroxyl groups excluding tert-OH is 1. The molecule has 0 aliphatic heterocycles. The van der Waals surface area contributed by atoms with E-state index >= 15 is 0 Å². The smallest absolute Gasteiger partial charge is 0.270 e. The number of hydrogen-bond donors (Lipinski definition) is 1. The van der Waals surface area contributed by atoms with Crippen LogP contribution < -0.4 is 0 Å². The monoisotopic (exact) mass is 165 g/mol. The van der Waals surface area contributed by atoms with Crippen LogP contribution in [0.2, 0.25) is 0 Å². The molecule has 0 spiro atoms. The van der Waals surface area contributed by atoms with Gasteiger partial charge in [0.1, 0.15) is 5.76 Å². The van der Waals surface area contributed by atoms with E-state index in [0.29, 0.717) is 5.56 Å². The minimum atomic E-state index is -0.521. The maximum absolute atomic E-state index is 10.3. The number of hydrogen-bond acceptors (Lipinski definition) is 3. The van der Waals surface area contributed by atoms with Crippen LogP contribution in [0.3, 0.4) is 0 Å². The van der Waals surface area contributed by atoms with Crippen molar-refractivity contribution in [2.45, 2.75) is 0 Å². The van der Waals surface area contributed by atoms with Crippen molar-refractivity contribution in [1.82, 2.24) is 0 Å². The van der Waals surface area contributed by atoms with Crippen molar-refractivity contribution in [3.63, 3.8) is 0 Å². The summed E-state index contributed by atoms with van der Waals surface area (Å²) in [5.74, 6) is -0.168. The summed E-state index contributed by atoms with van der Waals surface area (Å²) < 4.78 is 0. The van der Waals surface area contributed by atoms with Gasteiger partial charge >= 0.3 is 0 Å². The lowest BCUT2D eigenvalue weighted by Crippen LogP contribution is -1.89. The van der Waals surface area contributed by atoms with Crippen LogP contribution in [0.5, 0.6) is 0 Å². The minimum Gasteiger partial charge on any atom is -0.508 e. The van der Waals surface area contributed by atoms with E-state index in [0.717, 1.165) is 0 Å². The zero-order valence-electron chi connectivity index (χ0n) is 6.23. The van der Waals surface area contributed by atoms with Crippen LogP contribution in [0.1, 0.15) is 5.56 Å². The Morgan fingerprint density at radius 1 is 1.58 bits per heavy atom. The predicted octanol–water partition coefficient (Wildman–Crippen LogP) is 2.12. The highest BCUT2D eigenvalue weighted by atomic mass is 16.6. The minimum absolute atomic E-state index is 0.0531. The van der Waals surface area contributed by atoms with E-state index in [1.54, 1.807) is 6.07 Å². The lowest BCUT2D eigenvalue weighted by Gasteiger charge is -1.96. The second kappa shape index (κ2) is 3.04. The van der Waals surface area contributed by atoms with Crippen LogP contribution >= 0.6 is 0 Å². The van der Waals surface area contributed by atoms with Gasteiger partial charge in [-0.3, -0.25) is 10.1 Å². The molecule has 1 aromatic rings. The van der Waals surface area contributed by atoms with Gasteiger partial charge < -0.3 is 5.11 Å². The van der Waals surface area contributed by atoms with Crippen LogP contribution in [-0.2, 0) is 0 Å². The first-order valence-electron chi connectivity index (χ1n) is 3.24. The molecule has 1 rings (SSSR count). The van der Waals surface area contributed by atoms with Crippen molar-refractivity contribution in [1.29, 1.82) is 0 Å². The molecule has 1 aromatic carbocycles. The van der Waals surface area contributed by atoms with Gasteiger partial charge in [0.15, 0.2) is 0 Å². The second-order valence-electron chi connectivity index (χ2n) is 2.25. The van der Waals surface area contributed by atoms with Gasteiger partial charge in [-0.15, -0.1) is 0 Å². The van der Waals surface area contributed by atoms with Crippen LogP contribution in [0.25, 0.3) is 5.76 Å². The lowest BCUT2D eigenvalue weighted by molar-refractivity contribution is -0.384. The molecule has 0 atom stereocenters. The average molecular weight is 165 g/mol. The van der Waals surface area contributed by atoms with Crippen molar-refractivity contribution < 1.29 is 10.0 Å². The predicted molar refractivity (Wildman–Crippen MR) is 44.8 cm³/mol. The summed E-state index contributed by atoms with van der Waals surface area (Å²) in [6.07, 6.45) is 0. The summed E-state index contributed by atoms with van der Waals surface area (Å²) in [5.41, 5.74) is 0.312. The Labute approximate surface area is 68.9 Å². The average Bonchev–Trinajstić information content (AvgIpc) is 2.04. The normalized spacial score (nSPS) is 9.33. The van der Waals surface area contributed by atoms with E-state index in [-0.39, 0.29) is 11.4 Å². The molecular formula is C8H7NO3. The maximum Gasteiger partial charge on any atom is 0.270 e. The molecule has 0 heterocycles. The molecule has 4 heteroatoms. The van der Waals surface area contributed by atoms with Crippen molar-refractivity contribution in [2.24, 2.45) is 0 Å². The number of aliphatic hydroxyl groups is 1. The van der Waals surface area contributed by atoms with E-state index in [1.807, 2.05) is 0 Å². The molecule has 4 nitrogen and oxygen atoms in total. The molecule has 62 valence electrons. The van der Waals surface area contributed by atoms with Gasteiger partial charge in [-0.05, 0) is 0 Å². The number of nitro groups is 1. The first kappa shape index (κ1) is 8.26. The van der Waals surface area contributed by atoms with E-state index in [2.05, 4.69) is 6.58 Å². The number of non-ortho nitro benzene ring substituents is 1. The molecule has 0 amide bonds. The summed E-state index contributed by atoms with van der Waals surface area (Å²) in [7, 11) is 0. The summed E-state index contributed by atoms with van der Waals surface area (Å²) >= 11 is 0. The van der Waals surface area contributed by atoms with Gasteiger partial charge in [0, 0.05) is 17.7 Å². The number of nitro benzene ring substituents is 1. The third-order valence-corrected chi connectivity index (χ3v) is 1.39. The summed E-state index contributed by atoms with van der Waals surface area (Å²) in [6.45, 7) is 3.26. The molecule has 1 N–H and O–H groups in total. The van der Waals surface area contributed by atoms with E-state index in [4.69, 9.17) is 5.11 Å². The van der Waals surface area contributed by atoms with Crippen LogP contribution in [0, 0.1) is 10.1 Å². The first-order valence-corrected chi connectivity index (χ1v) is 3.24. The van der Waals surface area contributed by atoms with Crippen LogP contribution in [-0.4, -0.2) is 10.0 Å². The zero-order valence-corrected chi connectivity index (χ0v) is 6.23. The Morgan fingerprint density at radius 3 is 2.75 bits per heavy atom. The molecule has 0 unspecified atom stereocenters. The highest BCUT2D eigenvalue weighted by molar-refractivity contribution is 5.58. The number of nitrogens with zero attached hydrogens (tertiary/aromatic N) is 1. The molecule has 0 saturated carbocycles. The lowest BCUT2D eigenvalue weighted by atomic mass is 10.2. The van der Waals surface area contributed by atoms with Gasteiger partial charge in [-0.1, -0.05) is 18.7 Å². The molecule has 0 fully saturated rings. The number of benzene rings is 1. The molecule has 0 saturated heterocycles. The van der Waals surface area contributed by atoms with Crippen molar-refractivity contribution in [3.05, 3.63) is 46.5 Å². The van der Waals surface area contributed by atoms with Crippen LogP contribution in [0.4, 0.5) is 5.69 Å². The SMILES string of the molecule is C=C(O)c1cccc([N+](=O)[O-])c1. The highest BCUT2D eigenvalue weighted by Gasteiger charge is 2.05. The van der Waals surface area contributed by atoms with Gasteiger partial charge in [0.25, 0.3) is 5.69 Å². The van der Waals surface area contributed by atoms with Gasteiger partial charge in [-0.2, -0.15) is 0 Å². The van der Waals surface area contributed by atoms with Gasteiger partial charge in [0.2, 0.25) is 0 Å². The van der Waals surface area contributed by atoms with Crippen molar-refractivity contribution in [2.75, 3.05) is 0 Å². The largest absolute Gasteiger partial charge is 0.508 e. The zero-order chi connectivity index (χ0) is 9.14. The molecule has 0 radical (unpaired) electrons. The Kier molecular flexibility index (Phi) is 2.09. The first-order chi connectivity index (χ1) is 5.61. The summed E-state index contributed by atoms with van der Waals surface area (Å²) in [6, 6.07) is 5.67. The Morgan fingerprint density at radius 2 is 2.25 bits per heavy atom. The van der Waals surface area contributed by atoms with Gasteiger partial charge in [-0.25, -0.2) is 0 Å². The van der Waals surface area contributed by atoms with Crippen molar-refractivity contribution in [3.8, 4) is 0 Å². The molecule has 0 bridgehead atoms. The third kappa shape index (κ3) is 1.60. The quantitative estimate of drug-likeness (QED) is 0.414. The summed E-state index contributed by atoms with van der Waals surface area (Å²) in [5, 5.41) is 19.2. The Balaban J connectivity index is 3.12.